The molecule has 0 aromatic heterocycles. The molecule has 2 aromatic carbocycles. The predicted molar refractivity (Wildman–Crippen MR) is 88.4 cm³/mol. The van der Waals surface area contributed by atoms with Gasteiger partial charge in [-0.2, -0.15) is 0 Å². The predicted octanol–water partition coefficient (Wildman–Crippen LogP) is 3.58. The smallest absolute Gasteiger partial charge is 0.246 e. The topological polar surface area (TPSA) is 41.1 Å². The van der Waals surface area contributed by atoms with Crippen molar-refractivity contribution in [3.8, 4) is 0 Å². The Morgan fingerprint density at radius 1 is 1.29 bits per heavy atom. The molecule has 3 rings (SSSR count). The quantitative estimate of drug-likeness (QED) is 0.874. The van der Waals surface area contributed by atoms with Gasteiger partial charge in [-0.1, -0.05) is 40.2 Å². The van der Waals surface area contributed by atoms with Crippen LogP contribution in [0, 0.1) is 6.92 Å². The maximum absolute atomic E-state index is 12.6. The fourth-order valence-corrected chi connectivity index (χ4v) is 3.19. The van der Waals surface area contributed by atoms with Crippen molar-refractivity contribution in [2.45, 2.75) is 19.4 Å². The van der Waals surface area contributed by atoms with Gasteiger partial charge in [0.1, 0.15) is 6.04 Å². The van der Waals surface area contributed by atoms with Crippen molar-refractivity contribution >= 4 is 27.5 Å². The van der Waals surface area contributed by atoms with Crippen LogP contribution < -0.4 is 10.6 Å². The molecule has 1 amide bonds. The minimum absolute atomic E-state index is 0.00688. The lowest BCUT2D eigenvalue weighted by Crippen LogP contribution is -2.38. The summed E-state index contributed by atoms with van der Waals surface area (Å²) in [5.74, 6) is -0.00688. The highest BCUT2D eigenvalue weighted by atomic mass is 79.9. The van der Waals surface area contributed by atoms with E-state index < -0.39 is 0 Å². The zero-order chi connectivity index (χ0) is 14.8. The molecule has 4 heteroatoms. The molecule has 1 atom stereocenters. The molecule has 0 radical (unpaired) electrons. The first-order valence-electron chi connectivity index (χ1n) is 7.03. The Morgan fingerprint density at radius 2 is 2.10 bits per heavy atom. The normalized spacial score (nSPS) is 17.1. The van der Waals surface area contributed by atoms with E-state index in [1.54, 1.807) is 0 Å². The van der Waals surface area contributed by atoms with Gasteiger partial charge in [-0.05, 0) is 48.2 Å². The molecular formula is C17H17BrN2O. The van der Waals surface area contributed by atoms with Gasteiger partial charge in [0.05, 0.1) is 0 Å². The average Bonchev–Trinajstić information content (AvgIpc) is 2.49. The monoisotopic (exact) mass is 344 g/mol. The van der Waals surface area contributed by atoms with E-state index in [0.717, 1.165) is 34.3 Å². The van der Waals surface area contributed by atoms with E-state index in [1.165, 1.54) is 5.56 Å². The molecule has 1 aliphatic rings. The van der Waals surface area contributed by atoms with Crippen LogP contribution in [0.1, 0.15) is 22.7 Å². The average molecular weight is 345 g/mol. The second-order valence-electron chi connectivity index (χ2n) is 5.28. The van der Waals surface area contributed by atoms with Crippen molar-refractivity contribution in [1.29, 1.82) is 0 Å². The van der Waals surface area contributed by atoms with Gasteiger partial charge in [-0.25, -0.2) is 0 Å². The van der Waals surface area contributed by atoms with Crippen LogP contribution in [0.2, 0.25) is 0 Å². The Morgan fingerprint density at radius 3 is 2.90 bits per heavy atom. The second-order valence-corrected chi connectivity index (χ2v) is 6.20. The summed E-state index contributed by atoms with van der Waals surface area (Å²) in [6, 6.07) is 13.7. The van der Waals surface area contributed by atoms with Crippen LogP contribution >= 0.6 is 15.9 Å². The number of hydrogen-bond donors (Lipinski definition) is 2. The molecule has 1 aliphatic heterocycles. The number of nitrogens with one attached hydrogen (secondary N) is 2. The molecule has 0 saturated carbocycles. The van der Waals surface area contributed by atoms with E-state index in [-0.39, 0.29) is 11.9 Å². The van der Waals surface area contributed by atoms with Crippen LogP contribution in [0.3, 0.4) is 0 Å². The highest BCUT2D eigenvalue weighted by Crippen LogP contribution is 2.25. The minimum Gasteiger partial charge on any atom is -0.324 e. The lowest BCUT2D eigenvalue weighted by Gasteiger charge is -2.26. The highest BCUT2D eigenvalue weighted by molar-refractivity contribution is 9.10. The summed E-state index contributed by atoms with van der Waals surface area (Å²) in [5.41, 5.74) is 4.23. The number of aryl methyl sites for hydroxylation is 1. The van der Waals surface area contributed by atoms with Gasteiger partial charge < -0.3 is 10.6 Å². The molecular weight excluding hydrogens is 328 g/mol. The number of carbonyl (C=O) groups is 1. The molecule has 21 heavy (non-hydrogen) atoms. The first-order valence-corrected chi connectivity index (χ1v) is 7.82. The molecule has 2 aromatic rings. The molecule has 2 N–H and O–H groups in total. The van der Waals surface area contributed by atoms with Crippen LogP contribution in [0.4, 0.5) is 5.69 Å². The number of fused-ring (bicyclic) bond motifs is 1. The van der Waals surface area contributed by atoms with Gasteiger partial charge in [-0.15, -0.1) is 0 Å². The maximum atomic E-state index is 12.6. The van der Waals surface area contributed by atoms with E-state index in [0.29, 0.717) is 0 Å². The Labute approximate surface area is 132 Å². The maximum Gasteiger partial charge on any atom is 0.246 e. The third-order valence-electron chi connectivity index (χ3n) is 3.82. The summed E-state index contributed by atoms with van der Waals surface area (Å²) in [5, 5.41) is 6.33. The van der Waals surface area contributed by atoms with Crippen molar-refractivity contribution in [3.05, 3.63) is 63.6 Å². The Hall–Kier alpha value is -1.65. The second kappa shape index (κ2) is 6.00. The fourth-order valence-electron chi connectivity index (χ4n) is 2.71. The van der Waals surface area contributed by atoms with Crippen molar-refractivity contribution in [2.75, 3.05) is 11.9 Å². The molecule has 0 saturated heterocycles. The molecule has 1 unspecified atom stereocenters. The number of amides is 1. The Balaban J connectivity index is 1.83. The molecule has 0 fully saturated rings. The van der Waals surface area contributed by atoms with E-state index in [4.69, 9.17) is 0 Å². The van der Waals surface area contributed by atoms with Crippen LogP contribution in [0.5, 0.6) is 0 Å². The largest absolute Gasteiger partial charge is 0.324 e. The van der Waals surface area contributed by atoms with Crippen LogP contribution in [-0.2, 0) is 11.2 Å². The summed E-state index contributed by atoms with van der Waals surface area (Å²) in [6.07, 6.45) is 0.970. The lowest BCUT2D eigenvalue weighted by molar-refractivity contribution is -0.118. The Bertz CT molecular complexity index is 684. The lowest BCUT2D eigenvalue weighted by atomic mass is 9.94. The van der Waals surface area contributed by atoms with Gasteiger partial charge in [0, 0.05) is 16.7 Å². The van der Waals surface area contributed by atoms with Gasteiger partial charge in [-0.3, -0.25) is 4.79 Å². The van der Waals surface area contributed by atoms with Gasteiger partial charge in [0.25, 0.3) is 0 Å². The molecule has 0 spiro atoms. The number of halogens is 1. The van der Waals surface area contributed by atoms with Gasteiger partial charge >= 0.3 is 0 Å². The van der Waals surface area contributed by atoms with E-state index >= 15 is 0 Å². The summed E-state index contributed by atoms with van der Waals surface area (Å²) in [7, 11) is 0. The number of hydrogen-bond acceptors (Lipinski definition) is 2. The van der Waals surface area contributed by atoms with Gasteiger partial charge in [0.2, 0.25) is 5.91 Å². The van der Waals surface area contributed by atoms with Crippen molar-refractivity contribution in [3.63, 3.8) is 0 Å². The third kappa shape index (κ3) is 3.01. The SMILES string of the molecule is Cc1cc(Br)ccc1NC(=O)C1NCCc2ccccc21. The number of rotatable bonds is 2. The number of anilines is 1. The third-order valence-corrected chi connectivity index (χ3v) is 4.31. The van der Waals surface area contributed by atoms with Gasteiger partial charge in [0.15, 0.2) is 0 Å². The zero-order valence-electron chi connectivity index (χ0n) is 11.8. The first-order chi connectivity index (χ1) is 10.1. The number of carbonyl (C=O) groups excluding carboxylic acids is 1. The van der Waals surface area contributed by atoms with E-state index in [2.05, 4.69) is 32.6 Å². The zero-order valence-corrected chi connectivity index (χ0v) is 13.4. The van der Waals surface area contributed by atoms with Crippen LogP contribution in [-0.4, -0.2) is 12.5 Å². The van der Waals surface area contributed by atoms with Crippen molar-refractivity contribution in [1.82, 2.24) is 5.32 Å². The summed E-state index contributed by atoms with van der Waals surface area (Å²) >= 11 is 3.44. The molecule has 108 valence electrons. The highest BCUT2D eigenvalue weighted by Gasteiger charge is 2.25. The van der Waals surface area contributed by atoms with Crippen molar-refractivity contribution in [2.24, 2.45) is 0 Å². The molecule has 3 nitrogen and oxygen atoms in total. The first kappa shape index (κ1) is 14.3. The Kier molecular flexibility index (Phi) is 4.08. The summed E-state index contributed by atoms with van der Waals surface area (Å²) in [6.45, 7) is 2.82. The van der Waals surface area contributed by atoms with E-state index in [9.17, 15) is 4.79 Å². The van der Waals surface area contributed by atoms with E-state index in [1.807, 2.05) is 43.3 Å². The fraction of sp³-hybridized carbons (Fsp3) is 0.235. The minimum atomic E-state index is -0.280. The van der Waals surface area contributed by atoms with Crippen LogP contribution in [0.25, 0.3) is 0 Å². The van der Waals surface area contributed by atoms with Crippen LogP contribution in [0.15, 0.2) is 46.9 Å². The number of benzene rings is 2. The molecule has 0 aliphatic carbocycles. The summed E-state index contributed by atoms with van der Waals surface area (Å²) in [4.78, 5) is 12.6. The molecule has 0 bridgehead atoms. The molecule has 1 heterocycles. The summed E-state index contributed by atoms with van der Waals surface area (Å²) < 4.78 is 1.01. The van der Waals surface area contributed by atoms with Crippen molar-refractivity contribution < 1.29 is 4.79 Å². The standard InChI is InChI=1S/C17H17BrN2O/c1-11-10-13(18)6-7-15(11)20-17(21)16-14-5-3-2-4-12(14)8-9-19-16/h2-7,10,16,19H,8-9H2,1H3,(H,20,21).